The fraction of sp³-hybridized carbons (Fsp3) is 0.524. The number of hydrogen-bond acceptors (Lipinski definition) is 6. The van der Waals surface area contributed by atoms with E-state index in [1.807, 2.05) is 24.3 Å². The topological polar surface area (TPSA) is 93.2 Å². The Labute approximate surface area is 176 Å². The van der Waals surface area contributed by atoms with Crippen LogP contribution in [0.3, 0.4) is 0 Å². The van der Waals surface area contributed by atoms with Crippen LogP contribution in [0.5, 0.6) is 5.75 Å². The van der Waals surface area contributed by atoms with Crippen molar-refractivity contribution in [2.75, 3.05) is 12.4 Å². The number of methoxy groups -OCH3 is 1. The van der Waals surface area contributed by atoms with Crippen molar-refractivity contribution >= 4 is 28.3 Å². The predicted molar refractivity (Wildman–Crippen MR) is 116 cm³/mol. The number of amides is 2. The second-order valence-corrected chi connectivity index (χ2v) is 9.47. The maximum atomic E-state index is 12.4. The molecule has 1 heterocycles. The highest BCUT2D eigenvalue weighted by Gasteiger charge is 2.21. The molecule has 2 N–H and O–H groups in total. The molecule has 2 unspecified atom stereocenters. The Morgan fingerprint density at radius 2 is 1.93 bits per heavy atom. The van der Waals surface area contributed by atoms with E-state index in [0.29, 0.717) is 16.6 Å². The molecule has 2 aromatic rings. The molecular formula is C21H30N4O3S. The molecule has 1 aromatic heterocycles. The number of hydrogen-bond donors (Lipinski definition) is 2. The first kappa shape index (κ1) is 22.8. The molecule has 8 heteroatoms. The van der Waals surface area contributed by atoms with Gasteiger partial charge < -0.3 is 10.1 Å². The third kappa shape index (κ3) is 7.45. The molecule has 2 amide bonds. The lowest BCUT2D eigenvalue weighted by Crippen LogP contribution is -2.42. The van der Waals surface area contributed by atoms with Gasteiger partial charge in [0.05, 0.1) is 7.11 Å². The van der Waals surface area contributed by atoms with Crippen LogP contribution in [0.1, 0.15) is 47.5 Å². The normalized spacial score (nSPS) is 13.4. The van der Waals surface area contributed by atoms with Crippen LogP contribution in [-0.4, -0.2) is 35.2 Å². The fourth-order valence-corrected chi connectivity index (χ4v) is 3.90. The Hall–Kier alpha value is -2.48. The number of carbonyl (C=O) groups is 2. The first-order chi connectivity index (χ1) is 13.6. The summed E-state index contributed by atoms with van der Waals surface area (Å²) in [7, 11) is 1.60. The molecule has 0 aliphatic carbocycles. The van der Waals surface area contributed by atoms with Gasteiger partial charge in [-0.1, -0.05) is 51.2 Å². The van der Waals surface area contributed by atoms with Gasteiger partial charge in [-0.05, 0) is 36.8 Å². The van der Waals surface area contributed by atoms with Crippen molar-refractivity contribution in [1.29, 1.82) is 0 Å². The molecule has 2 atom stereocenters. The van der Waals surface area contributed by atoms with E-state index in [9.17, 15) is 9.59 Å². The average molecular weight is 419 g/mol. The van der Waals surface area contributed by atoms with Crippen molar-refractivity contribution in [1.82, 2.24) is 15.5 Å². The van der Waals surface area contributed by atoms with E-state index in [4.69, 9.17) is 4.74 Å². The van der Waals surface area contributed by atoms with Gasteiger partial charge in [-0.2, -0.15) is 0 Å². The SMILES string of the molecule is COc1cccc(-c2nnc(NC(=O)C(C)NC(=O)CC(C)CC(C)(C)C)s2)c1. The van der Waals surface area contributed by atoms with Gasteiger partial charge in [0.15, 0.2) is 0 Å². The minimum Gasteiger partial charge on any atom is -0.497 e. The third-order valence-electron chi connectivity index (χ3n) is 4.24. The van der Waals surface area contributed by atoms with Crippen LogP contribution in [0.15, 0.2) is 24.3 Å². The maximum absolute atomic E-state index is 12.4. The van der Waals surface area contributed by atoms with E-state index in [0.717, 1.165) is 17.7 Å². The Kier molecular flexibility index (Phi) is 7.73. The largest absolute Gasteiger partial charge is 0.497 e. The zero-order chi connectivity index (χ0) is 21.6. The molecule has 0 bridgehead atoms. The second-order valence-electron chi connectivity index (χ2n) is 8.50. The molecular weight excluding hydrogens is 388 g/mol. The number of carbonyl (C=O) groups excluding carboxylic acids is 2. The summed E-state index contributed by atoms with van der Waals surface area (Å²) < 4.78 is 5.22. The van der Waals surface area contributed by atoms with Gasteiger partial charge in [0.2, 0.25) is 16.9 Å². The average Bonchev–Trinajstić information content (AvgIpc) is 3.08. The molecule has 0 saturated carbocycles. The number of rotatable bonds is 8. The van der Waals surface area contributed by atoms with E-state index >= 15 is 0 Å². The number of aromatic nitrogens is 2. The van der Waals surface area contributed by atoms with Crippen LogP contribution in [0.2, 0.25) is 0 Å². The molecule has 2 rings (SSSR count). The highest BCUT2D eigenvalue weighted by atomic mass is 32.1. The maximum Gasteiger partial charge on any atom is 0.248 e. The lowest BCUT2D eigenvalue weighted by Gasteiger charge is -2.23. The molecule has 1 aromatic carbocycles. The molecule has 7 nitrogen and oxygen atoms in total. The Balaban J connectivity index is 1.89. The van der Waals surface area contributed by atoms with Gasteiger partial charge in [0, 0.05) is 12.0 Å². The van der Waals surface area contributed by atoms with Gasteiger partial charge in [-0.25, -0.2) is 0 Å². The number of nitrogens with one attached hydrogen (secondary N) is 2. The van der Waals surface area contributed by atoms with Crippen molar-refractivity contribution in [2.24, 2.45) is 11.3 Å². The fourth-order valence-electron chi connectivity index (χ4n) is 3.16. The van der Waals surface area contributed by atoms with Crippen LogP contribution in [0.25, 0.3) is 10.6 Å². The molecule has 0 aliphatic rings. The van der Waals surface area contributed by atoms with Crippen molar-refractivity contribution in [3.8, 4) is 16.3 Å². The third-order valence-corrected chi connectivity index (χ3v) is 5.13. The summed E-state index contributed by atoms with van der Waals surface area (Å²) in [5.74, 6) is 0.521. The van der Waals surface area contributed by atoms with Gasteiger partial charge in [-0.15, -0.1) is 10.2 Å². The summed E-state index contributed by atoms with van der Waals surface area (Å²) in [5, 5.41) is 14.7. The quantitative estimate of drug-likeness (QED) is 0.673. The van der Waals surface area contributed by atoms with Crippen LogP contribution in [-0.2, 0) is 9.59 Å². The van der Waals surface area contributed by atoms with Gasteiger partial charge in [0.1, 0.15) is 16.8 Å². The van der Waals surface area contributed by atoms with Crippen LogP contribution >= 0.6 is 11.3 Å². The first-order valence-electron chi connectivity index (χ1n) is 9.65. The standard InChI is InChI=1S/C21H30N4O3S/c1-13(12-21(3,4)5)10-17(26)22-14(2)18(27)23-20-25-24-19(29-20)15-8-7-9-16(11-15)28-6/h7-9,11,13-14H,10,12H2,1-6H3,(H,22,26)(H,23,25,27). The smallest absolute Gasteiger partial charge is 0.248 e. The van der Waals surface area contributed by atoms with Crippen LogP contribution < -0.4 is 15.4 Å². The zero-order valence-corrected chi connectivity index (χ0v) is 18.7. The molecule has 0 radical (unpaired) electrons. The Morgan fingerprint density at radius 3 is 2.59 bits per heavy atom. The van der Waals surface area contributed by atoms with Crippen molar-refractivity contribution in [3.05, 3.63) is 24.3 Å². The molecule has 29 heavy (non-hydrogen) atoms. The van der Waals surface area contributed by atoms with Gasteiger partial charge >= 0.3 is 0 Å². The number of nitrogens with zero attached hydrogens (tertiary/aromatic N) is 2. The van der Waals surface area contributed by atoms with Crippen LogP contribution in [0.4, 0.5) is 5.13 Å². The van der Waals surface area contributed by atoms with Crippen molar-refractivity contribution in [2.45, 2.75) is 53.5 Å². The summed E-state index contributed by atoms with van der Waals surface area (Å²) in [6, 6.07) is 6.81. The lowest BCUT2D eigenvalue weighted by molar-refractivity contribution is -0.126. The van der Waals surface area contributed by atoms with E-state index in [1.165, 1.54) is 11.3 Å². The summed E-state index contributed by atoms with van der Waals surface area (Å²) in [6.45, 7) is 10.2. The minimum absolute atomic E-state index is 0.126. The molecule has 0 spiro atoms. The van der Waals surface area contributed by atoms with Crippen molar-refractivity contribution < 1.29 is 14.3 Å². The monoisotopic (exact) mass is 418 g/mol. The van der Waals surface area contributed by atoms with E-state index in [2.05, 4.69) is 48.5 Å². The number of ether oxygens (including phenoxy) is 1. The minimum atomic E-state index is -0.659. The lowest BCUT2D eigenvalue weighted by atomic mass is 9.84. The summed E-state index contributed by atoms with van der Waals surface area (Å²) >= 11 is 1.26. The predicted octanol–water partition coefficient (Wildman–Crippen LogP) is 4.12. The summed E-state index contributed by atoms with van der Waals surface area (Å²) in [6.07, 6.45) is 1.34. The number of anilines is 1. The van der Waals surface area contributed by atoms with Gasteiger partial charge in [0.25, 0.3) is 0 Å². The summed E-state index contributed by atoms with van der Waals surface area (Å²) in [4.78, 5) is 24.6. The van der Waals surface area contributed by atoms with E-state index in [1.54, 1.807) is 14.0 Å². The second kappa shape index (κ2) is 9.82. The van der Waals surface area contributed by atoms with E-state index < -0.39 is 6.04 Å². The Bertz CT molecular complexity index is 844. The molecule has 0 fully saturated rings. The summed E-state index contributed by atoms with van der Waals surface area (Å²) in [5.41, 5.74) is 1.03. The Morgan fingerprint density at radius 1 is 1.21 bits per heavy atom. The van der Waals surface area contributed by atoms with Crippen LogP contribution in [0, 0.1) is 11.3 Å². The number of benzene rings is 1. The van der Waals surface area contributed by atoms with Gasteiger partial charge in [-0.3, -0.25) is 14.9 Å². The van der Waals surface area contributed by atoms with Crippen molar-refractivity contribution in [3.63, 3.8) is 0 Å². The highest BCUT2D eigenvalue weighted by molar-refractivity contribution is 7.18. The molecule has 0 saturated heterocycles. The molecule has 158 valence electrons. The first-order valence-corrected chi connectivity index (χ1v) is 10.5. The zero-order valence-electron chi connectivity index (χ0n) is 17.9. The van der Waals surface area contributed by atoms with E-state index in [-0.39, 0.29) is 23.1 Å². The highest BCUT2D eigenvalue weighted by Crippen LogP contribution is 2.29. The molecule has 0 aliphatic heterocycles.